The Morgan fingerprint density at radius 1 is 1.20 bits per heavy atom. The Morgan fingerprint density at radius 3 is 2.24 bits per heavy atom. The van der Waals surface area contributed by atoms with Crippen LogP contribution in [0.2, 0.25) is 5.02 Å². The van der Waals surface area contributed by atoms with E-state index in [1.165, 1.54) is 0 Å². The Kier molecular flexibility index (Phi) is 5.98. The highest BCUT2D eigenvalue weighted by atomic mass is 35.5. The maximum atomic E-state index is 14.4. The van der Waals surface area contributed by atoms with Gasteiger partial charge in [0.15, 0.2) is 0 Å². The van der Waals surface area contributed by atoms with Crippen LogP contribution in [0.3, 0.4) is 0 Å². The van der Waals surface area contributed by atoms with Crippen LogP contribution in [0, 0.1) is 23.5 Å². The molecule has 0 heterocycles. The van der Waals surface area contributed by atoms with Crippen molar-refractivity contribution in [1.29, 1.82) is 0 Å². The van der Waals surface area contributed by atoms with Crippen LogP contribution in [0.4, 0.5) is 22.0 Å². The lowest BCUT2D eigenvalue weighted by Gasteiger charge is -2.42. The predicted molar refractivity (Wildman–Crippen MR) is 87.4 cm³/mol. The summed E-state index contributed by atoms with van der Waals surface area (Å²) in [6.07, 6.45) is -4.74. The maximum absolute atomic E-state index is 14.4. The summed E-state index contributed by atoms with van der Waals surface area (Å²) in [5.74, 6) is -4.04. The van der Waals surface area contributed by atoms with Gasteiger partial charge in [-0.3, -0.25) is 0 Å². The molecule has 9 heteroatoms. The minimum absolute atomic E-state index is 0.0744. The molecule has 0 radical (unpaired) electrons. The van der Waals surface area contributed by atoms with Gasteiger partial charge in [-0.2, -0.15) is 13.2 Å². The number of halogens is 6. The molecule has 0 bridgehead atoms. The van der Waals surface area contributed by atoms with Crippen molar-refractivity contribution in [3.63, 3.8) is 0 Å². The molecule has 1 aliphatic rings. The third-order valence-corrected chi connectivity index (χ3v) is 6.23. The third kappa shape index (κ3) is 4.59. The molecular weight excluding hydrogens is 385 g/mol. The smallest absolute Gasteiger partial charge is 0.391 e. The Labute approximate surface area is 151 Å². The normalized spacial score (nSPS) is 23.9. The molecular formula is C16H19ClF5NOS. The van der Waals surface area contributed by atoms with Gasteiger partial charge in [0.2, 0.25) is 0 Å². The molecule has 1 saturated carbocycles. The highest BCUT2D eigenvalue weighted by Crippen LogP contribution is 2.50. The fourth-order valence-corrected chi connectivity index (χ4v) is 3.76. The quantitative estimate of drug-likeness (QED) is 0.420. The highest BCUT2D eigenvalue weighted by molar-refractivity contribution is 7.90. The van der Waals surface area contributed by atoms with E-state index in [1.54, 1.807) is 20.8 Å². The Balaban J connectivity index is 2.30. The van der Waals surface area contributed by atoms with Crippen molar-refractivity contribution in [3.05, 3.63) is 34.4 Å². The van der Waals surface area contributed by atoms with Crippen LogP contribution in [0.5, 0.6) is 0 Å². The number of benzene rings is 1. The lowest BCUT2D eigenvalue weighted by Crippen LogP contribution is -2.47. The van der Waals surface area contributed by atoms with E-state index in [4.69, 9.17) is 11.6 Å². The van der Waals surface area contributed by atoms with Gasteiger partial charge in [-0.15, -0.1) is 4.72 Å². The molecule has 1 aromatic rings. The lowest BCUT2D eigenvalue weighted by molar-refractivity contribution is -0.206. The summed E-state index contributed by atoms with van der Waals surface area (Å²) in [7, 11) is 0. The van der Waals surface area contributed by atoms with E-state index < -0.39 is 56.8 Å². The van der Waals surface area contributed by atoms with E-state index in [0.29, 0.717) is 0 Å². The zero-order chi connectivity index (χ0) is 19.2. The van der Waals surface area contributed by atoms with Gasteiger partial charge in [-0.1, -0.05) is 17.7 Å². The molecule has 2 nitrogen and oxygen atoms in total. The van der Waals surface area contributed by atoms with Gasteiger partial charge < -0.3 is 4.55 Å². The van der Waals surface area contributed by atoms with E-state index in [9.17, 15) is 26.5 Å². The molecule has 25 heavy (non-hydrogen) atoms. The molecule has 2 rings (SSSR count). The molecule has 1 N–H and O–H groups in total. The summed E-state index contributed by atoms with van der Waals surface area (Å²) in [5, 5.41) is -0.725. The molecule has 0 amide bonds. The average molecular weight is 404 g/mol. The van der Waals surface area contributed by atoms with Crippen LogP contribution in [0.1, 0.15) is 45.2 Å². The first-order chi connectivity index (χ1) is 11.3. The van der Waals surface area contributed by atoms with Crippen LogP contribution in [-0.2, 0) is 11.4 Å². The molecule has 1 aromatic carbocycles. The largest absolute Gasteiger partial charge is 0.598 e. The van der Waals surface area contributed by atoms with Crippen molar-refractivity contribution in [2.24, 2.45) is 11.8 Å². The molecule has 0 unspecified atom stereocenters. The second kappa shape index (κ2) is 7.21. The van der Waals surface area contributed by atoms with Gasteiger partial charge in [-0.25, -0.2) is 8.78 Å². The van der Waals surface area contributed by atoms with Crippen molar-refractivity contribution < 1.29 is 26.5 Å². The first-order valence-corrected chi connectivity index (χ1v) is 9.23. The number of rotatable bonds is 4. The van der Waals surface area contributed by atoms with Crippen molar-refractivity contribution >= 4 is 23.0 Å². The van der Waals surface area contributed by atoms with Gasteiger partial charge in [0.25, 0.3) is 0 Å². The molecule has 1 aliphatic carbocycles. The highest BCUT2D eigenvalue weighted by Gasteiger charge is 2.51. The monoisotopic (exact) mass is 403 g/mol. The van der Waals surface area contributed by atoms with E-state index in [1.807, 2.05) is 0 Å². The molecule has 142 valence electrons. The SMILES string of the molecule is CC(C)(C)[S@@+]([O-])N[C@@H](c1ccc(F)c(Cl)c1F)[C@H]1C[C@H](C(F)(F)F)C1. The lowest BCUT2D eigenvalue weighted by atomic mass is 9.69. The topological polar surface area (TPSA) is 35.1 Å². The Bertz CT molecular complexity index is 628. The predicted octanol–water partition coefficient (Wildman–Crippen LogP) is 5.30. The number of hydrogen-bond acceptors (Lipinski definition) is 2. The van der Waals surface area contributed by atoms with Crippen LogP contribution in [0.25, 0.3) is 0 Å². The standard InChI is InChI=1S/C16H19ClF5NOS/c1-15(2,3)25(24)23-14(8-6-9(7-8)16(20,21)22)10-4-5-11(18)12(17)13(10)19/h4-5,8-9,14,23H,6-7H2,1-3H3/t8-,9-,14-,25-/m1/s1. The maximum Gasteiger partial charge on any atom is 0.391 e. The minimum atomic E-state index is -4.32. The summed E-state index contributed by atoms with van der Waals surface area (Å²) in [6.45, 7) is 5.04. The average Bonchev–Trinajstić information content (AvgIpc) is 2.40. The third-order valence-electron chi connectivity index (χ3n) is 4.30. The fraction of sp³-hybridized carbons (Fsp3) is 0.625. The van der Waals surface area contributed by atoms with Crippen LogP contribution in [-0.4, -0.2) is 15.5 Å². The summed E-state index contributed by atoms with van der Waals surface area (Å²) < 4.78 is 80.5. The number of nitrogens with one attached hydrogen (secondary N) is 1. The van der Waals surface area contributed by atoms with Crippen molar-refractivity contribution in [1.82, 2.24) is 4.72 Å². The Hall–Kier alpha value is -0.570. The van der Waals surface area contributed by atoms with Crippen molar-refractivity contribution in [3.8, 4) is 0 Å². The zero-order valence-corrected chi connectivity index (χ0v) is 15.5. The zero-order valence-electron chi connectivity index (χ0n) is 13.9. The van der Waals surface area contributed by atoms with Gasteiger partial charge in [-0.05, 0) is 45.6 Å². The minimum Gasteiger partial charge on any atom is -0.598 e. The summed E-state index contributed by atoms with van der Waals surface area (Å²) in [5.41, 5.74) is -0.0744. The molecule has 0 spiro atoms. The van der Waals surface area contributed by atoms with Gasteiger partial charge in [0, 0.05) is 16.9 Å². The van der Waals surface area contributed by atoms with Crippen LogP contribution in [0.15, 0.2) is 12.1 Å². The van der Waals surface area contributed by atoms with E-state index >= 15 is 0 Å². The first-order valence-electron chi connectivity index (χ1n) is 7.70. The van der Waals surface area contributed by atoms with E-state index in [2.05, 4.69) is 4.72 Å². The molecule has 0 aliphatic heterocycles. The van der Waals surface area contributed by atoms with Gasteiger partial charge in [0.1, 0.15) is 21.4 Å². The van der Waals surface area contributed by atoms with Crippen molar-refractivity contribution in [2.75, 3.05) is 0 Å². The molecule has 0 aromatic heterocycles. The van der Waals surface area contributed by atoms with E-state index in [-0.39, 0.29) is 18.4 Å². The Morgan fingerprint density at radius 2 is 1.76 bits per heavy atom. The van der Waals surface area contributed by atoms with E-state index in [0.717, 1.165) is 12.1 Å². The van der Waals surface area contributed by atoms with Crippen LogP contribution >= 0.6 is 11.6 Å². The second-order valence-electron chi connectivity index (χ2n) is 7.21. The fourth-order valence-electron chi connectivity index (χ4n) is 2.69. The van der Waals surface area contributed by atoms with Crippen molar-refractivity contribution in [2.45, 2.75) is 50.6 Å². The van der Waals surface area contributed by atoms with Gasteiger partial charge in [0.05, 0.1) is 12.0 Å². The summed E-state index contributed by atoms with van der Waals surface area (Å²) >= 11 is 3.94. The van der Waals surface area contributed by atoms with Gasteiger partial charge >= 0.3 is 6.18 Å². The molecule has 1 fully saturated rings. The number of alkyl halides is 3. The first kappa shape index (κ1) is 20.7. The summed E-state index contributed by atoms with van der Waals surface area (Å²) in [4.78, 5) is 0. The summed E-state index contributed by atoms with van der Waals surface area (Å²) in [6, 6.07) is 1.14. The second-order valence-corrected chi connectivity index (χ2v) is 9.59. The van der Waals surface area contributed by atoms with Crippen LogP contribution < -0.4 is 4.72 Å². The molecule has 2 atom stereocenters. The molecule has 0 saturated heterocycles. The number of hydrogen-bond donors (Lipinski definition) is 1.